The molecular weight excluding hydrogens is 366 g/mol. The minimum absolute atomic E-state index is 0.0823. The summed E-state index contributed by atoms with van der Waals surface area (Å²) in [6.45, 7) is 0.183. The van der Waals surface area contributed by atoms with Crippen molar-refractivity contribution in [3.05, 3.63) is 29.8 Å². The Morgan fingerprint density at radius 2 is 2.08 bits per heavy atom. The Morgan fingerprint density at radius 1 is 1.38 bits per heavy atom. The fraction of sp³-hybridized carbons (Fsp3) is 0.588. The van der Waals surface area contributed by atoms with Crippen molar-refractivity contribution in [1.29, 1.82) is 0 Å². The molecular formula is C17H24F2N2O4S. The van der Waals surface area contributed by atoms with Gasteiger partial charge in [-0.3, -0.25) is 0 Å². The number of halogens is 2. The Hall–Kier alpha value is -1.74. The van der Waals surface area contributed by atoms with E-state index in [9.17, 15) is 17.8 Å². The second-order valence-electron chi connectivity index (χ2n) is 6.10. The maximum absolute atomic E-state index is 12.3. The van der Waals surface area contributed by atoms with Crippen LogP contribution in [0.2, 0.25) is 0 Å². The lowest BCUT2D eigenvalue weighted by Crippen LogP contribution is -2.43. The standard InChI is InChI=1S/C17H24F2N2O4S/c1-12(13-5-7-15(8-6-13)24-16(18)19)21-11-9-14(25-17(21)22)4-3-10-20-26(2)23/h5-8,12,14,16,20H,3-4,9-11H2,1-2H3. The molecule has 1 N–H and O–H groups in total. The molecule has 6 nitrogen and oxygen atoms in total. The van der Waals surface area contributed by atoms with Crippen LogP contribution in [0.15, 0.2) is 24.3 Å². The lowest BCUT2D eigenvalue weighted by molar-refractivity contribution is -0.0498. The molecule has 1 aliphatic heterocycles. The van der Waals surface area contributed by atoms with Crippen LogP contribution in [0.3, 0.4) is 0 Å². The van der Waals surface area contributed by atoms with Gasteiger partial charge < -0.3 is 14.4 Å². The first-order chi connectivity index (χ1) is 12.4. The molecule has 0 spiro atoms. The van der Waals surface area contributed by atoms with Crippen LogP contribution in [0.4, 0.5) is 13.6 Å². The van der Waals surface area contributed by atoms with E-state index in [1.807, 2.05) is 6.92 Å². The first kappa shape index (κ1) is 20.6. The van der Waals surface area contributed by atoms with Crippen LogP contribution in [0.1, 0.15) is 37.8 Å². The molecule has 1 amide bonds. The van der Waals surface area contributed by atoms with Crippen LogP contribution >= 0.6 is 0 Å². The van der Waals surface area contributed by atoms with Crippen LogP contribution in [-0.2, 0) is 15.7 Å². The molecule has 1 saturated heterocycles. The van der Waals surface area contributed by atoms with E-state index in [0.717, 1.165) is 24.8 Å². The average Bonchev–Trinajstić information content (AvgIpc) is 2.58. The summed E-state index contributed by atoms with van der Waals surface area (Å²) in [5.74, 6) is 0.0823. The van der Waals surface area contributed by atoms with Crippen molar-refractivity contribution in [2.75, 3.05) is 19.3 Å². The zero-order valence-electron chi connectivity index (χ0n) is 14.8. The van der Waals surface area contributed by atoms with Gasteiger partial charge in [0.15, 0.2) is 0 Å². The van der Waals surface area contributed by atoms with Crippen molar-refractivity contribution >= 4 is 17.1 Å². The summed E-state index contributed by atoms with van der Waals surface area (Å²) in [6.07, 6.45) is 3.27. The SMILES string of the molecule is CC(c1ccc(OC(F)F)cc1)N1CCC(CCCNS(C)=O)OC1=O. The van der Waals surface area contributed by atoms with Crippen LogP contribution in [0.5, 0.6) is 5.75 Å². The number of nitrogens with zero attached hydrogens (tertiary/aromatic N) is 1. The van der Waals surface area contributed by atoms with E-state index in [0.29, 0.717) is 13.1 Å². The van der Waals surface area contributed by atoms with Crippen LogP contribution < -0.4 is 9.46 Å². The molecule has 1 fully saturated rings. The molecule has 1 aliphatic rings. The normalized spacial score (nSPS) is 20.0. The monoisotopic (exact) mass is 390 g/mol. The van der Waals surface area contributed by atoms with Crippen molar-refractivity contribution in [2.24, 2.45) is 0 Å². The highest BCUT2D eigenvalue weighted by Gasteiger charge is 2.30. The first-order valence-electron chi connectivity index (χ1n) is 8.45. The molecule has 26 heavy (non-hydrogen) atoms. The van der Waals surface area contributed by atoms with Gasteiger partial charge in [-0.2, -0.15) is 8.78 Å². The van der Waals surface area contributed by atoms with Gasteiger partial charge in [0.25, 0.3) is 0 Å². The smallest absolute Gasteiger partial charge is 0.410 e. The third-order valence-electron chi connectivity index (χ3n) is 4.26. The highest BCUT2D eigenvalue weighted by atomic mass is 32.2. The molecule has 0 saturated carbocycles. The molecule has 9 heteroatoms. The van der Waals surface area contributed by atoms with Crippen LogP contribution in [0, 0.1) is 0 Å². The minimum Gasteiger partial charge on any atom is -0.446 e. The number of carbonyl (C=O) groups excluding carboxylic acids is 1. The summed E-state index contributed by atoms with van der Waals surface area (Å²) >= 11 is 0. The minimum atomic E-state index is -2.86. The number of hydrogen-bond donors (Lipinski definition) is 1. The molecule has 0 aromatic heterocycles. The summed E-state index contributed by atoms with van der Waals surface area (Å²) < 4.78 is 48.0. The topological polar surface area (TPSA) is 67.9 Å². The number of cyclic esters (lactones) is 1. The third-order valence-corrected chi connectivity index (χ3v) is 4.87. The Morgan fingerprint density at radius 3 is 2.65 bits per heavy atom. The molecule has 1 aromatic rings. The predicted octanol–water partition coefficient (Wildman–Crippen LogP) is 3.22. The Bertz CT molecular complexity index is 615. The van der Waals surface area contributed by atoms with Gasteiger partial charge >= 0.3 is 12.7 Å². The lowest BCUT2D eigenvalue weighted by Gasteiger charge is -2.36. The average molecular weight is 390 g/mol. The highest BCUT2D eigenvalue weighted by Crippen LogP contribution is 2.27. The summed E-state index contributed by atoms with van der Waals surface area (Å²) in [6, 6.07) is 6.02. The highest BCUT2D eigenvalue weighted by molar-refractivity contribution is 7.82. The fourth-order valence-corrected chi connectivity index (χ4v) is 3.28. The van der Waals surface area contributed by atoms with Crippen molar-refractivity contribution in [2.45, 2.75) is 44.9 Å². The van der Waals surface area contributed by atoms with Gasteiger partial charge in [0.05, 0.1) is 17.0 Å². The number of amides is 1. The molecule has 0 radical (unpaired) electrons. The lowest BCUT2D eigenvalue weighted by atomic mass is 10.0. The van der Waals surface area contributed by atoms with Gasteiger partial charge in [-0.15, -0.1) is 0 Å². The second kappa shape index (κ2) is 9.82. The van der Waals surface area contributed by atoms with Crippen molar-refractivity contribution < 1.29 is 27.3 Å². The number of ether oxygens (including phenoxy) is 2. The summed E-state index contributed by atoms with van der Waals surface area (Å²) in [5, 5.41) is 0. The number of alkyl halides is 2. The van der Waals surface area contributed by atoms with Gasteiger partial charge in [0, 0.05) is 25.8 Å². The van der Waals surface area contributed by atoms with Gasteiger partial charge in [-0.25, -0.2) is 13.7 Å². The molecule has 2 rings (SSSR count). The van der Waals surface area contributed by atoms with Crippen molar-refractivity contribution in [3.63, 3.8) is 0 Å². The molecule has 146 valence electrons. The van der Waals surface area contributed by atoms with E-state index in [2.05, 4.69) is 9.46 Å². The van der Waals surface area contributed by atoms with Crippen molar-refractivity contribution in [3.8, 4) is 5.75 Å². The number of benzene rings is 1. The second-order valence-corrected chi connectivity index (χ2v) is 7.30. The molecule has 0 bridgehead atoms. The summed E-state index contributed by atoms with van der Waals surface area (Å²) in [7, 11) is -1.03. The molecule has 1 aromatic carbocycles. The van der Waals surface area contributed by atoms with Crippen LogP contribution in [0.25, 0.3) is 0 Å². The van der Waals surface area contributed by atoms with Gasteiger partial charge in [0.2, 0.25) is 0 Å². The fourth-order valence-electron chi connectivity index (χ4n) is 2.85. The zero-order valence-corrected chi connectivity index (χ0v) is 15.6. The summed E-state index contributed by atoms with van der Waals surface area (Å²) in [5.41, 5.74) is 0.816. The van der Waals surface area contributed by atoms with E-state index >= 15 is 0 Å². The predicted molar refractivity (Wildman–Crippen MR) is 94.4 cm³/mol. The van der Waals surface area contributed by atoms with E-state index in [4.69, 9.17) is 4.74 Å². The zero-order chi connectivity index (χ0) is 19.1. The van der Waals surface area contributed by atoms with E-state index in [1.165, 1.54) is 12.1 Å². The van der Waals surface area contributed by atoms with E-state index < -0.39 is 17.6 Å². The van der Waals surface area contributed by atoms with Gasteiger partial charge in [0.1, 0.15) is 11.9 Å². The first-order valence-corrected chi connectivity index (χ1v) is 10.0. The quantitative estimate of drug-likeness (QED) is 0.658. The van der Waals surface area contributed by atoms with Gasteiger partial charge in [-0.05, 0) is 37.5 Å². The van der Waals surface area contributed by atoms with E-state index in [1.54, 1.807) is 23.3 Å². The molecule has 3 unspecified atom stereocenters. The number of nitrogens with one attached hydrogen (secondary N) is 1. The molecule has 1 heterocycles. The number of hydrogen-bond acceptors (Lipinski definition) is 4. The molecule has 0 aliphatic carbocycles. The number of carbonyl (C=O) groups is 1. The van der Waals surface area contributed by atoms with Crippen molar-refractivity contribution in [1.82, 2.24) is 9.62 Å². The summed E-state index contributed by atoms with van der Waals surface area (Å²) in [4.78, 5) is 13.9. The number of rotatable bonds is 9. The van der Waals surface area contributed by atoms with E-state index in [-0.39, 0.29) is 24.0 Å². The molecule has 3 atom stereocenters. The van der Waals surface area contributed by atoms with Gasteiger partial charge in [-0.1, -0.05) is 12.1 Å². The Kier molecular flexibility index (Phi) is 7.77. The third kappa shape index (κ3) is 6.21. The Labute approximate surface area is 154 Å². The van der Waals surface area contributed by atoms with Crippen LogP contribution in [-0.4, -0.2) is 47.3 Å². The maximum Gasteiger partial charge on any atom is 0.410 e. The largest absolute Gasteiger partial charge is 0.446 e. The Balaban J connectivity index is 1.84. The maximum atomic E-state index is 12.3.